The molecule has 1 aromatic heterocycles. The van der Waals surface area contributed by atoms with E-state index in [0.29, 0.717) is 25.9 Å². The lowest BCUT2D eigenvalue weighted by molar-refractivity contribution is -0.152. The molecule has 144 valence electrons. The lowest BCUT2D eigenvalue weighted by atomic mass is 9.76. The van der Waals surface area contributed by atoms with Crippen LogP contribution in [-0.2, 0) is 20.9 Å². The van der Waals surface area contributed by atoms with Gasteiger partial charge in [-0.1, -0.05) is 18.2 Å². The van der Waals surface area contributed by atoms with Crippen molar-refractivity contribution in [3.8, 4) is 0 Å². The van der Waals surface area contributed by atoms with Crippen LogP contribution in [0.2, 0.25) is 0 Å². The number of aromatic nitrogens is 2. The van der Waals surface area contributed by atoms with E-state index in [-0.39, 0.29) is 24.5 Å². The number of fused-ring (bicyclic) bond motifs is 1. The Kier molecular flexibility index (Phi) is 4.63. The highest BCUT2D eigenvalue weighted by Crippen LogP contribution is 2.43. The molecule has 1 unspecified atom stereocenters. The van der Waals surface area contributed by atoms with Gasteiger partial charge in [-0.25, -0.2) is 0 Å². The number of rotatable bonds is 4. The second-order valence-corrected chi connectivity index (χ2v) is 8.04. The van der Waals surface area contributed by atoms with Crippen LogP contribution in [0, 0.1) is 5.41 Å². The van der Waals surface area contributed by atoms with Crippen molar-refractivity contribution in [3.63, 3.8) is 0 Å². The summed E-state index contributed by atoms with van der Waals surface area (Å²) in [5.74, 6) is -0.0337. The molecule has 3 heterocycles. The van der Waals surface area contributed by atoms with Crippen molar-refractivity contribution in [2.75, 3.05) is 33.7 Å². The standard InChI is InChI=1S/C20H26N4O3/c1-22(2)13-16-11-20(19(26)27-16)7-9-23(10-8-20)18(25)14-24-12-15-5-3-4-6-17(15)21-24/h3-6,12,16H,7-11,13-14H2,1-2H3. The maximum absolute atomic E-state index is 12.7. The van der Waals surface area contributed by atoms with E-state index in [4.69, 9.17) is 4.74 Å². The van der Waals surface area contributed by atoms with Crippen LogP contribution in [0.25, 0.3) is 10.9 Å². The third-order valence-corrected chi connectivity index (χ3v) is 5.73. The van der Waals surface area contributed by atoms with Crippen LogP contribution in [0.5, 0.6) is 0 Å². The van der Waals surface area contributed by atoms with Gasteiger partial charge >= 0.3 is 5.97 Å². The molecule has 2 aliphatic heterocycles. The zero-order valence-corrected chi connectivity index (χ0v) is 15.9. The van der Waals surface area contributed by atoms with Gasteiger partial charge in [0.15, 0.2) is 0 Å². The van der Waals surface area contributed by atoms with Crippen LogP contribution >= 0.6 is 0 Å². The molecule has 0 saturated carbocycles. The highest BCUT2D eigenvalue weighted by atomic mass is 16.6. The van der Waals surface area contributed by atoms with Crippen LogP contribution in [-0.4, -0.2) is 71.3 Å². The van der Waals surface area contributed by atoms with Gasteiger partial charge in [0.05, 0.1) is 10.9 Å². The monoisotopic (exact) mass is 370 g/mol. The predicted octanol–water partition coefficient (Wildman–Crippen LogP) is 1.52. The highest BCUT2D eigenvalue weighted by Gasteiger charge is 2.50. The average molecular weight is 370 g/mol. The van der Waals surface area contributed by atoms with Gasteiger partial charge in [0.2, 0.25) is 5.91 Å². The Hall–Kier alpha value is -2.41. The van der Waals surface area contributed by atoms with E-state index in [1.165, 1.54) is 0 Å². The lowest BCUT2D eigenvalue weighted by Crippen LogP contribution is -2.46. The molecule has 4 rings (SSSR count). The number of carbonyl (C=O) groups is 2. The summed E-state index contributed by atoms with van der Waals surface area (Å²) >= 11 is 0. The summed E-state index contributed by atoms with van der Waals surface area (Å²) < 4.78 is 7.30. The molecule has 2 aliphatic rings. The predicted molar refractivity (Wildman–Crippen MR) is 101 cm³/mol. The zero-order valence-electron chi connectivity index (χ0n) is 15.9. The number of ether oxygens (including phenoxy) is 1. The van der Waals surface area contributed by atoms with Gasteiger partial charge in [-0.3, -0.25) is 14.3 Å². The number of cyclic esters (lactones) is 1. The summed E-state index contributed by atoms with van der Waals surface area (Å²) in [5.41, 5.74) is 0.487. The van der Waals surface area contributed by atoms with Crippen LogP contribution < -0.4 is 0 Å². The van der Waals surface area contributed by atoms with Crippen molar-refractivity contribution in [2.24, 2.45) is 5.41 Å². The number of benzene rings is 1. The van der Waals surface area contributed by atoms with Crippen LogP contribution in [0.4, 0.5) is 0 Å². The van der Waals surface area contributed by atoms with Crippen LogP contribution in [0.15, 0.2) is 30.5 Å². The molecule has 0 aliphatic carbocycles. The van der Waals surface area contributed by atoms with Crippen molar-refractivity contribution < 1.29 is 14.3 Å². The molecule has 2 saturated heterocycles. The molecule has 0 N–H and O–H groups in total. The quantitative estimate of drug-likeness (QED) is 0.764. The molecule has 1 aromatic carbocycles. The van der Waals surface area contributed by atoms with E-state index >= 15 is 0 Å². The molecule has 1 amide bonds. The second kappa shape index (κ2) is 6.96. The SMILES string of the molecule is CN(C)CC1CC2(CCN(C(=O)Cn3cc4ccccc4n3)CC2)C(=O)O1. The van der Waals surface area contributed by atoms with Gasteiger partial charge in [-0.15, -0.1) is 0 Å². The van der Waals surface area contributed by atoms with Gasteiger partial charge in [0.25, 0.3) is 0 Å². The average Bonchev–Trinajstić information content (AvgIpc) is 3.15. The summed E-state index contributed by atoms with van der Waals surface area (Å²) in [7, 11) is 3.97. The Morgan fingerprint density at radius 1 is 1.30 bits per heavy atom. The van der Waals surface area contributed by atoms with Gasteiger partial charge in [-0.05, 0) is 33.0 Å². The molecular formula is C20H26N4O3. The first-order valence-corrected chi connectivity index (χ1v) is 9.51. The zero-order chi connectivity index (χ0) is 19.0. The van der Waals surface area contributed by atoms with E-state index in [9.17, 15) is 9.59 Å². The molecule has 1 spiro atoms. The normalized spacial score (nSPS) is 22.0. The van der Waals surface area contributed by atoms with Crippen LogP contribution in [0.3, 0.4) is 0 Å². The molecule has 7 nitrogen and oxygen atoms in total. The smallest absolute Gasteiger partial charge is 0.312 e. The molecule has 0 bridgehead atoms. The lowest BCUT2D eigenvalue weighted by Gasteiger charge is -2.36. The number of hydrogen-bond acceptors (Lipinski definition) is 5. The maximum atomic E-state index is 12.7. The summed E-state index contributed by atoms with van der Waals surface area (Å²) in [6.07, 6.45) is 3.99. The Morgan fingerprint density at radius 3 is 2.74 bits per heavy atom. The largest absolute Gasteiger partial charge is 0.461 e. The van der Waals surface area contributed by atoms with Gasteiger partial charge < -0.3 is 14.5 Å². The second-order valence-electron chi connectivity index (χ2n) is 8.04. The highest BCUT2D eigenvalue weighted by molar-refractivity contribution is 5.81. The molecule has 27 heavy (non-hydrogen) atoms. The summed E-state index contributed by atoms with van der Waals surface area (Å²) in [5, 5.41) is 5.49. The number of likely N-dealkylation sites (tertiary alicyclic amines) is 1. The Labute approximate surface area is 158 Å². The molecule has 0 radical (unpaired) electrons. The fourth-order valence-corrected chi connectivity index (χ4v) is 4.27. The minimum absolute atomic E-state index is 0.0359. The van der Waals surface area contributed by atoms with Gasteiger partial charge in [-0.2, -0.15) is 5.10 Å². The van der Waals surface area contributed by atoms with Crippen molar-refractivity contribution in [1.29, 1.82) is 0 Å². The maximum Gasteiger partial charge on any atom is 0.312 e. The minimum atomic E-state index is -0.405. The Balaban J connectivity index is 1.36. The van der Waals surface area contributed by atoms with Crippen molar-refractivity contribution >= 4 is 22.8 Å². The topological polar surface area (TPSA) is 67.7 Å². The number of esters is 1. The Morgan fingerprint density at radius 2 is 2.04 bits per heavy atom. The third-order valence-electron chi connectivity index (χ3n) is 5.73. The fourth-order valence-electron chi connectivity index (χ4n) is 4.27. The Bertz CT molecular complexity index is 819. The summed E-state index contributed by atoms with van der Waals surface area (Å²) in [6, 6.07) is 7.83. The molecule has 1 atom stereocenters. The summed E-state index contributed by atoms with van der Waals surface area (Å²) in [6.45, 7) is 2.19. The third kappa shape index (κ3) is 3.56. The van der Waals surface area contributed by atoms with Crippen molar-refractivity contribution in [3.05, 3.63) is 30.5 Å². The van der Waals surface area contributed by atoms with Crippen molar-refractivity contribution in [2.45, 2.75) is 31.9 Å². The van der Waals surface area contributed by atoms with Gasteiger partial charge in [0.1, 0.15) is 12.6 Å². The first-order valence-electron chi connectivity index (χ1n) is 9.51. The molecular weight excluding hydrogens is 344 g/mol. The number of nitrogens with zero attached hydrogens (tertiary/aromatic N) is 4. The van der Waals surface area contributed by atoms with Crippen molar-refractivity contribution in [1.82, 2.24) is 19.6 Å². The van der Waals surface area contributed by atoms with E-state index in [0.717, 1.165) is 23.9 Å². The molecule has 2 fully saturated rings. The summed E-state index contributed by atoms with van der Waals surface area (Å²) in [4.78, 5) is 29.0. The fraction of sp³-hybridized carbons (Fsp3) is 0.550. The number of amides is 1. The van der Waals surface area contributed by atoms with E-state index in [2.05, 4.69) is 5.10 Å². The minimum Gasteiger partial charge on any atom is -0.461 e. The van der Waals surface area contributed by atoms with E-state index in [1.807, 2.05) is 54.4 Å². The number of likely N-dealkylation sites (N-methyl/N-ethyl adjacent to an activating group) is 1. The first-order chi connectivity index (χ1) is 12.9. The first kappa shape index (κ1) is 18.0. The van der Waals surface area contributed by atoms with Crippen LogP contribution in [0.1, 0.15) is 19.3 Å². The van der Waals surface area contributed by atoms with E-state index in [1.54, 1.807) is 4.68 Å². The number of hydrogen-bond donors (Lipinski definition) is 0. The molecule has 7 heteroatoms. The number of piperidine rings is 1. The van der Waals surface area contributed by atoms with E-state index < -0.39 is 5.41 Å². The van der Waals surface area contributed by atoms with Gasteiger partial charge in [0, 0.05) is 37.6 Å². The number of carbonyl (C=O) groups excluding carboxylic acids is 2. The molecule has 2 aromatic rings.